The maximum Gasteiger partial charge on any atom is 0.237 e. The molecule has 1 aromatic rings. The van der Waals surface area contributed by atoms with Crippen LogP contribution in [0, 0.1) is 5.82 Å². The molecule has 0 unspecified atom stereocenters. The summed E-state index contributed by atoms with van der Waals surface area (Å²) in [5.74, 6) is -0.154. The standard InChI is InChI=1S/C12H12BrFN2O/c13-9-3-7-1-2-16-11(5-15-6-12(16)17)8(7)4-10(9)14/h3-4,11,15H,1-2,5-6H2/t11-/m1/s1. The number of nitrogens with zero attached hydrogens (tertiary/aromatic N) is 1. The average molecular weight is 299 g/mol. The van der Waals surface area contributed by atoms with Gasteiger partial charge in [0.25, 0.3) is 0 Å². The number of halogens is 2. The molecule has 1 fully saturated rings. The first kappa shape index (κ1) is 11.2. The van der Waals surface area contributed by atoms with E-state index in [0.29, 0.717) is 17.6 Å². The van der Waals surface area contributed by atoms with Crippen LogP contribution in [0.15, 0.2) is 16.6 Å². The van der Waals surface area contributed by atoms with Crippen LogP contribution in [-0.4, -0.2) is 30.4 Å². The van der Waals surface area contributed by atoms with Gasteiger partial charge in [-0.25, -0.2) is 4.39 Å². The van der Waals surface area contributed by atoms with Crippen LogP contribution in [-0.2, 0) is 11.2 Å². The van der Waals surface area contributed by atoms with Gasteiger partial charge in [0.05, 0.1) is 17.1 Å². The van der Waals surface area contributed by atoms with Gasteiger partial charge in [-0.05, 0) is 45.6 Å². The highest BCUT2D eigenvalue weighted by molar-refractivity contribution is 9.10. The molecule has 1 atom stereocenters. The highest BCUT2D eigenvalue weighted by Crippen LogP contribution is 2.33. The molecule has 90 valence electrons. The zero-order valence-electron chi connectivity index (χ0n) is 9.17. The van der Waals surface area contributed by atoms with Crippen molar-refractivity contribution in [1.29, 1.82) is 0 Å². The third kappa shape index (κ3) is 1.77. The molecule has 1 aromatic carbocycles. The molecule has 0 aromatic heterocycles. The molecular weight excluding hydrogens is 287 g/mol. The summed E-state index contributed by atoms with van der Waals surface area (Å²) < 4.78 is 14.1. The van der Waals surface area contributed by atoms with E-state index in [2.05, 4.69) is 21.2 Å². The molecule has 5 heteroatoms. The van der Waals surface area contributed by atoms with Gasteiger partial charge in [0.2, 0.25) is 5.91 Å². The Hall–Kier alpha value is -0.940. The van der Waals surface area contributed by atoms with Gasteiger partial charge < -0.3 is 10.2 Å². The van der Waals surface area contributed by atoms with Crippen molar-refractivity contribution in [3.05, 3.63) is 33.5 Å². The van der Waals surface area contributed by atoms with Crippen LogP contribution in [0.25, 0.3) is 0 Å². The van der Waals surface area contributed by atoms with E-state index >= 15 is 0 Å². The summed E-state index contributed by atoms with van der Waals surface area (Å²) in [7, 11) is 0. The van der Waals surface area contributed by atoms with E-state index in [0.717, 1.165) is 24.1 Å². The molecule has 17 heavy (non-hydrogen) atoms. The summed E-state index contributed by atoms with van der Waals surface area (Å²) in [5.41, 5.74) is 2.08. The summed E-state index contributed by atoms with van der Waals surface area (Å²) in [6.07, 6.45) is 0.802. The molecule has 0 aliphatic carbocycles. The zero-order chi connectivity index (χ0) is 12.0. The molecule has 0 spiro atoms. The fourth-order valence-electron chi connectivity index (χ4n) is 2.63. The van der Waals surface area contributed by atoms with Crippen molar-refractivity contribution < 1.29 is 9.18 Å². The lowest BCUT2D eigenvalue weighted by molar-refractivity contribution is -0.135. The Bertz CT molecular complexity index is 492. The first-order valence-electron chi connectivity index (χ1n) is 5.65. The first-order valence-corrected chi connectivity index (χ1v) is 6.44. The molecule has 0 saturated carbocycles. The topological polar surface area (TPSA) is 32.3 Å². The molecule has 0 radical (unpaired) electrons. The highest BCUT2D eigenvalue weighted by atomic mass is 79.9. The Morgan fingerprint density at radius 2 is 2.29 bits per heavy atom. The fraction of sp³-hybridized carbons (Fsp3) is 0.417. The second-order valence-electron chi connectivity index (χ2n) is 4.45. The number of piperazine rings is 1. The molecule has 1 N–H and O–H groups in total. The number of rotatable bonds is 0. The second kappa shape index (κ2) is 4.07. The van der Waals surface area contributed by atoms with Gasteiger partial charge in [0.1, 0.15) is 5.82 Å². The van der Waals surface area contributed by atoms with E-state index in [-0.39, 0.29) is 17.8 Å². The number of fused-ring (bicyclic) bond motifs is 3. The van der Waals surface area contributed by atoms with Gasteiger partial charge in [-0.1, -0.05) is 0 Å². The van der Waals surface area contributed by atoms with Crippen molar-refractivity contribution in [2.45, 2.75) is 12.5 Å². The molecule has 2 heterocycles. The maximum absolute atomic E-state index is 13.6. The minimum Gasteiger partial charge on any atom is -0.333 e. The molecule has 1 amide bonds. The fourth-order valence-corrected chi connectivity index (χ4v) is 3.02. The van der Waals surface area contributed by atoms with Gasteiger partial charge in [-0.3, -0.25) is 4.79 Å². The van der Waals surface area contributed by atoms with Crippen LogP contribution in [0.1, 0.15) is 17.2 Å². The van der Waals surface area contributed by atoms with Crippen molar-refractivity contribution in [3.63, 3.8) is 0 Å². The zero-order valence-corrected chi connectivity index (χ0v) is 10.8. The summed E-state index contributed by atoms with van der Waals surface area (Å²) in [6, 6.07) is 3.38. The number of carbonyl (C=O) groups is 1. The summed E-state index contributed by atoms with van der Waals surface area (Å²) >= 11 is 3.20. The molecule has 2 aliphatic rings. The lowest BCUT2D eigenvalue weighted by Crippen LogP contribution is -2.52. The average Bonchev–Trinajstić information content (AvgIpc) is 2.31. The lowest BCUT2D eigenvalue weighted by Gasteiger charge is -2.40. The van der Waals surface area contributed by atoms with E-state index in [1.54, 1.807) is 6.07 Å². The molecule has 3 nitrogen and oxygen atoms in total. The largest absolute Gasteiger partial charge is 0.333 e. The van der Waals surface area contributed by atoms with Crippen LogP contribution in [0.3, 0.4) is 0 Å². The van der Waals surface area contributed by atoms with Gasteiger partial charge in [-0.15, -0.1) is 0 Å². The normalized spacial score (nSPS) is 23.3. The molecule has 0 bridgehead atoms. The Labute approximate surface area is 107 Å². The van der Waals surface area contributed by atoms with Crippen molar-refractivity contribution in [2.24, 2.45) is 0 Å². The Morgan fingerprint density at radius 3 is 3.12 bits per heavy atom. The second-order valence-corrected chi connectivity index (χ2v) is 5.30. The molecule has 3 rings (SSSR count). The van der Waals surface area contributed by atoms with Gasteiger partial charge in [0, 0.05) is 13.1 Å². The van der Waals surface area contributed by atoms with Gasteiger partial charge in [0.15, 0.2) is 0 Å². The predicted octanol–water partition coefficient (Wildman–Crippen LogP) is 1.62. The molecule has 2 aliphatic heterocycles. The van der Waals surface area contributed by atoms with Gasteiger partial charge >= 0.3 is 0 Å². The predicted molar refractivity (Wildman–Crippen MR) is 65.1 cm³/mol. The maximum atomic E-state index is 13.6. The SMILES string of the molecule is O=C1CNC[C@@H]2c3cc(F)c(Br)cc3CCN12. The quantitative estimate of drug-likeness (QED) is 0.789. The summed E-state index contributed by atoms with van der Waals surface area (Å²) in [4.78, 5) is 13.6. The van der Waals surface area contributed by atoms with Crippen molar-refractivity contribution in [1.82, 2.24) is 10.2 Å². The Morgan fingerprint density at radius 1 is 1.47 bits per heavy atom. The molecular formula is C12H12BrFN2O. The van der Waals surface area contributed by atoms with E-state index in [9.17, 15) is 9.18 Å². The number of hydrogen-bond donors (Lipinski definition) is 1. The minimum absolute atomic E-state index is 0.0115. The van der Waals surface area contributed by atoms with Gasteiger partial charge in [-0.2, -0.15) is 0 Å². The van der Waals surface area contributed by atoms with E-state index in [1.807, 2.05) is 11.0 Å². The van der Waals surface area contributed by atoms with Crippen molar-refractivity contribution in [2.75, 3.05) is 19.6 Å². The van der Waals surface area contributed by atoms with E-state index < -0.39 is 0 Å². The number of benzene rings is 1. The minimum atomic E-state index is -0.261. The third-order valence-electron chi connectivity index (χ3n) is 3.47. The van der Waals surface area contributed by atoms with Crippen LogP contribution in [0.4, 0.5) is 4.39 Å². The third-order valence-corrected chi connectivity index (χ3v) is 4.08. The monoisotopic (exact) mass is 298 g/mol. The van der Waals surface area contributed by atoms with E-state index in [1.165, 1.54) is 0 Å². The Kier molecular flexibility index (Phi) is 2.67. The number of amides is 1. The first-order chi connectivity index (χ1) is 8.16. The number of nitrogens with one attached hydrogen (secondary N) is 1. The highest BCUT2D eigenvalue weighted by Gasteiger charge is 2.33. The summed E-state index contributed by atoms with van der Waals surface area (Å²) in [5, 5.41) is 3.08. The number of carbonyl (C=O) groups excluding carboxylic acids is 1. The van der Waals surface area contributed by atoms with Crippen molar-refractivity contribution >= 4 is 21.8 Å². The van der Waals surface area contributed by atoms with Crippen molar-refractivity contribution in [3.8, 4) is 0 Å². The number of hydrogen-bond acceptors (Lipinski definition) is 2. The van der Waals surface area contributed by atoms with E-state index in [4.69, 9.17) is 0 Å². The Balaban J connectivity index is 2.06. The smallest absolute Gasteiger partial charge is 0.237 e. The van der Waals surface area contributed by atoms with Crippen LogP contribution < -0.4 is 5.32 Å². The molecule has 1 saturated heterocycles. The summed E-state index contributed by atoms with van der Waals surface area (Å²) in [6.45, 7) is 1.83. The van der Waals surface area contributed by atoms with Crippen LogP contribution in [0.5, 0.6) is 0 Å². The van der Waals surface area contributed by atoms with Crippen LogP contribution >= 0.6 is 15.9 Å². The van der Waals surface area contributed by atoms with Crippen LogP contribution in [0.2, 0.25) is 0 Å². The lowest BCUT2D eigenvalue weighted by atomic mass is 9.91.